The van der Waals surface area contributed by atoms with Crippen LogP contribution in [0.3, 0.4) is 0 Å². The molecule has 1 aliphatic heterocycles. The van der Waals surface area contributed by atoms with Gasteiger partial charge in [-0.2, -0.15) is 0 Å². The fraction of sp³-hybridized carbons (Fsp3) is 0.263. The van der Waals surface area contributed by atoms with Gasteiger partial charge in [0.15, 0.2) is 22.9 Å². The number of fused-ring (bicyclic) bond motifs is 1. The Kier molecular flexibility index (Phi) is 5.12. The molecular weight excluding hydrogens is 418 g/mol. The second-order valence-corrected chi connectivity index (χ2v) is 6.93. The number of benzene rings is 2. The van der Waals surface area contributed by atoms with E-state index in [9.17, 15) is 14.7 Å². The molecule has 0 unspecified atom stereocenters. The Bertz CT molecular complexity index is 903. The van der Waals surface area contributed by atoms with E-state index in [1.807, 2.05) is 0 Å². The smallest absolute Gasteiger partial charge is 0.261 e. The van der Waals surface area contributed by atoms with Gasteiger partial charge in [-0.05, 0) is 30.3 Å². The summed E-state index contributed by atoms with van der Waals surface area (Å²) in [6.07, 6.45) is -0.430. The minimum atomic E-state index is -1.96. The Labute approximate surface area is 164 Å². The van der Waals surface area contributed by atoms with Crippen molar-refractivity contribution in [3.8, 4) is 17.2 Å². The van der Waals surface area contributed by atoms with Crippen LogP contribution in [0.5, 0.6) is 17.2 Å². The number of hydrogen-bond donors (Lipinski definition) is 2. The van der Waals surface area contributed by atoms with Gasteiger partial charge in [0.25, 0.3) is 5.91 Å². The molecule has 0 aromatic heterocycles. The number of anilines is 1. The lowest BCUT2D eigenvalue weighted by molar-refractivity contribution is -0.133. The molecule has 1 aliphatic rings. The number of carbonyl (C=O) groups is 2. The number of ether oxygens (including phenoxy) is 3. The van der Waals surface area contributed by atoms with E-state index in [-0.39, 0.29) is 5.56 Å². The summed E-state index contributed by atoms with van der Waals surface area (Å²) in [5, 5.41) is 13.6. The lowest BCUT2D eigenvalue weighted by Crippen LogP contribution is -2.36. The molecule has 1 amide bonds. The Morgan fingerprint density at radius 1 is 1.11 bits per heavy atom. The fourth-order valence-corrected chi connectivity index (χ4v) is 3.43. The average molecular weight is 436 g/mol. The van der Waals surface area contributed by atoms with Crippen LogP contribution < -0.4 is 19.5 Å². The van der Waals surface area contributed by atoms with Gasteiger partial charge in [0.1, 0.15) is 0 Å². The van der Waals surface area contributed by atoms with E-state index in [0.717, 1.165) is 0 Å². The predicted molar refractivity (Wildman–Crippen MR) is 102 cm³/mol. The zero-order valence-electron chi connectivity index (χ0n) is 15.0. The second kappa shape index (κ2) is 7.21. The lowest BCUT2D eigenvalue weighted by Gasteiger charge is -2.21. The van der Waals surface area contributed by atoms with Crippen LogP contribution in [0.4, 0.5) is 5.69 Å². The highest BCUT2D eigenvalue weighted by Crippen LogP contribution is 2.42. The van der Waals surface area contributed by atoms with E-state index in [2.05, 4.69) is 21.2 Å². The van der Waals surface area contributed by atoms with E-state index in [1.54, 1.807) is 18.2 Å². The first-order chi connectivity index (χ1) is 12.8. The third kappa shape index (κ3) is 3.26. The number of nitrogens with one attached hydrogen (secondary N) is 1. The number of methoxy groups -OCH3 is 3. The van der Waals surface area contributed by atoms with Crippen molar-refractivity contribution >= 4 is 33.3 Å². The molecule has 1 atom stereocenters. The van der Waals surface area contributed by atoms with Crippen LogP contribution in [0.15, 0.2) is 34.8 Å². The molecule has 1 heterocycles. The van der Waals surface area contributed by atoms with Crippen LogP contribution in [0.25, 0.3) is 0 Å². The van der Waals surface area contributed by atoms with Crippen molar-refractivity contribution < 1.29 is 28.9 Å². The Morgan fingerprint density at radius 2 is 1.74 bits per heavy atom. The van der Waals surface area contributed by atoms with Crippen LogP contribution in [0.2, 0.25) is 0 Å². The third-order valence-electron chi connectivity index (χ3n) is 4.45. The molecule has 0 saturated carbocycles. The van der Waals surface area contributed by atoms with Gasteiger partial charge < -0.3 is 24.6 Å². The fourth-order valence-electron chi connectivity index (χ4n) is 3.07. The summed E-state index contributed by atoms with van der Waals surface area (Å²) >= 11 is 3.32. The van der Waals surface area contributed by atoms with Gasteiger partial charge in [0, 0.05) is 21.3 Å². The highest BCUT2D eigenvalue weighted by atomic mass is 79.9. The molecule has 0 spiro atoms. The molecule has 0 fully saturated rings. The number of Topliss-reactive ketones (excluding diaryl/α,β-unsaturated/α-hetero) is 1. The standard InChI is InChI=1S/C19H18BrNO6/c1-25-15-6-10(7-16(26-2)17(15)27-3)14(22)9-19(24)12-8-11(20)4-5-13(12)21-18(19)23/h4-8,24H,9H2,1-3H3,(H,21,23)/t19-/m1/s1. The summed E-state index contributed by atoms with van der Waals surface area (Å²) in [6.45, 7) is 0. The number of rotatable bonds is 6. The minimum absolute atomic E-state index is 0.231. The Balaban J connectivity index is 1.99. The van der Waals surface area contributed by atoms with Crippen molar-refractivity contribution in [1.29, 1.82) is 0 Å². The van der Waals surface area contributed by atoms with E-state index < -0.39 is 23.7 Å². The van der Waals surface area contributed by atoms with Gasteiger partial charge >= 0.3 is 0 Å². The molecule has 0 radical (unpaired) electrons. The monoisotopic (exact) mass is 435 g/mol. The number of hydrogen-bond acceptors (Lipinski definition) is 6. The molecule has 27 heavy (non-hydrogen) atoms. The first kappa shape index (κ1) is 19.2. The minimum Gasteiger partial charge on any atom is -0.493 e. The summed E-state index contributed by atoms with van der Waals surface area (Å²) in [7, 11) is 4.34. The normalized spacial score (nSPS) is 17.9. The average Bonchev–Trinajstić information content (AvgIpc) is 2.90. The maximum Gasteiger partial charge on any atom is 0.261 e. The van der Waals surface area contributed by atoms with Crippen molar-refractivity contribution in [2.24, 2.45) is 0 Å². The van der Waals surface area contributed by atoms with Crippen molar-refractivity contribution in [2.45, 2.75) is 12.0 Å². The van der Waals surface area contributed by atoms with Gasteiger partial charge in [-0.1, -0.05) is 15.9 Å². The van der Waals surface area contributed by atoms with Gasteiger partial charge in [-0.25, -0.2) is 0 Å². The largest absolute Gasteiger partial charge is 0.493 e. The van der Waals surface area contributed by atoms with Crippen molar-refractivity contribution in [1.82, 2.24) is 0 Å². The predicted octanol–water partition coefficient (Wildman–Crippen LogP) is 2.89. The van der Waals surface area contributed by atoms with Crippen molar-refractivity contribution in [2.75, 3.05) is 26.6 Å². The second-order valence-electron chi connectivity index (χ2n) is 6.02. The van der Waals surface area contributed by atoms with Crippen LogP contribution in [-0.4, -0.2) is 38.1 Å². The van der Waals surface area contributed by atoms with Gasteiger partial charge in [-0.15, -0.1) is 0 Å². The van der Waals surface area contributed by atoms with Crippen molar-refractivity contribution in [3.63, 3.8) is 0 Å². The maximum atomic E-state index is 12.9. The van der Waals surface area contributed by atoms with E-state index in [0.29, 0.717) is 33.0 Å². The molecule has 7 nitrogen and oxygen atoms in total. The number of carbonyl (C=O) groups excluding carboxylic acids is 2. The molecular formula is C19H18BrNO6. The van der Waals surface area contributed by atoms with E-state index in [4.69, 9.17) is 14.2 Å². The molecule has 8 heteroatoms. The first-order valence-corrected chi connectivity index (χ1v) is 8.80. The number of halogens is 1. The molecule has 142 valence electrons. The number of amides is 1. The molecule has 0 bridgehead atoms. The highest BCUT2D eigenvalue weighted by Gasteiger charge is 2.47. The summed E-state index contributed by atoms with van der Waals surface area (Å²) in [6, 6.07) is 8.00. The number of aliphatic hydroxyl groups is 1. The summed E-state index contributed by atoms with van der Waals surface area (Å²) in [5.74, 6) is -0.114. The lowest BCUT2D eigenvalue weighted by atomic mass is 9.88. The van der Waals surface area contributed by atoms with Crippen LogP contribution in [0, 0.1) is 0 Å². The zero-order valence-corrected chi connectivity index (χ0v) is 16.5. The van der Waals surface area contributed by atoms with Gasteiger partial charge in [0.05, 0.1) is 27.8 Å². The molecule has 3 rings (SSSR count). The Morgan fingerprint density at radius 3 is 2.30 bits per heavy atom. The maximum absolute atomic E-state index is 12.9. The molecule has 2 aromatic rings. The van der Waals surface area contributed by atoms with Crippen LogP contribution in [-0.2, 0) is 10.4 Å². The quantitative estimate of drug-likeness (QED) is 0.677. The SMILES string of the molecule is COc1cc(C(=O)C[C@]2(O)C(=O)Nc3ccc(Br)cc32)cc(OC)c1OC. The molecule has 2 aromatic carbocycles. The van der Waals surface area contributed by atoms with Crippen LogP contribution in [0.1, 0.15) is 22.3 Å². The molecule has 2 N–H and O–H groups in total. The molecule has 0 aliphatic carbocycles. The summed E-state index contributed by atoms with van der Waals surface area (Å²) in [4.78, 5) is 25.3. The van der Waals surface area contributed by atoms with Gasteiger partial charge in [0.2, 0.25) is 5.75 Å². The topological polar surface area (TPSA) is 94.1 Å². The first-order valence-electron chi connectivity index (χ1n) is 8.01. The molecule has 0 saturated heterocycles. The summed E-state index contributed by atoms with van der Waals surface area (Å²) < 4.78 is 16.4. The third-order valence-corrected chi connectivity index (χ3v) is 4.95. The highest BCUT2D eigenvalue weighted by molar-refractivity contribution is 9.10. The van der Waals surface area contributed by atoms with E-state index >= 15 is 0 Å². The summed E-state index contributed by atoms with van der Waals surface area (Å²) in [5.41, 5.74) is -0.906. The zero-order chi connectivity index (χ0) is 19.8. The Hall–Kier alpha value is -2.58. The van der Waals surface area contributed by atoms with Crippen LogP contribution >= 0.6 is 15.9 Å². The number of ketones is 1. The van der Waals surface area contributed by atoms with Gasteiger partial charge in [-0.3, -0.25) is 9.59 Å². The van der Waals surface area contributed by atoms with E-state index in [1.165, 1.54) is 33.5 Å². The van der Waals surface area contributed by atoms with Crippen molar-refractivity contribution in [3.05, 3.63) is 45.9 Å².